The Bertz CT molecular complexity index is 288. The summed E-state index contributed by atoms with van der Waals surface area (Å²) in [7, 11) is 0. The third kappa shape index (κ3) is 3.45. The average Bonchev–Trinajstić information content (AvgIpc) is 2.73. The van der Waals surface area contributed by atoms with Crippen LogP contribution in [-0.4, -0.2) is 34.5 Å². The van der Waals surface area contributed by atoms with Gasteiger partial charge in [-0.1, -0.05) is 6.92 Å². The first kappa shape index (κ1) is 14.0. The highest BCUT2D eigenvalue weighted by Crippen LogP contribution is 2.32. The van der Waals surface area contributed by atoms with Crippen LogP contribution in [0.25, 0.3) is 0 Å². The molecule has 0 unspecified atom stereocenters. The third-order valence-electron chi connectivity index (χ3n) is 3.50. The predicted octanol–water partition coefficient (Wildman–Crippen LogP) is 2.13. The van der Waals surface area contributed by atoms with Crippen LogP contribution in [0.15, 0.2) is 0 Å². The third-order valence-corrected chi connectivity index (χ3v) is 3.50. The fourth-order valence-electron chi connectivity index (χ4n) is 2.53. The summed E-state index contributed by atoms with van der Waals surface area (Å²) in [5, 5.41) is 8.94. The van der Waals surface area contributed by atoms with Crippen molar-refractivity contribution in [3.63, 3.8) is 0 Å². The number of aliphatic carboxylic acids is 1. The van der Waals surface area contributed by atoms with Crippen LogP contribution in [0.3, 0.4) is 0 Å². The van der Waals surface area contributed by atoms with Crippen LogP contribution in [0.2, 0.25) is 0 Å². The Morgan fingerprint density at radius 3 is 2.29 bits per heavy atom. The molecule has 1 amide bonds. The van der Waals surface area contributed by atoms with Crippen molar-refractivity contribution in [2.45, 2.75) is 52.5 Å². The molecule has 0 saturated heterocycles. The molecule has 1 N–H and O–H groups in total. The van der Waals surface area contributed by atoms with Crippen LogP contribution in [0, 0.1) is 11.8 Å². The maximum atomic E-state index is 12.3. The standard InChI is InChI=1S/C13H23NO3/c1-4-7-14(9(2)3)12(15)10-5-6-11(8-10)13(16)17/h9-11H,4-8H2,1-3H3,(H,16,17)/t10-,11+/m1/s1. The molecule has 98 valence electrons. The molecule has 17 heavy (non-hydrogen) atoms. The fraction of sp³-hybridized carbons (Fsp3) is 0.846. The van der Waals surface area contributed by atoms with E-state index < -0.39 is 5.97 Å². The van der Waals surface area contributed by atoms with Gasteiger partial charge < -0.3 is 10.0 Å². The molecule has 0 heterocycles. The van der Waals surface area contributed by atoms with Gasteiger partial charge in [0.05, 0.1) is 5.92 Å². The Balaban J connectivity index is 2.60. The normalized spacial score (nSPS) is 24.0. The van der Waals surface area contributed by atoms with E-state index in [4.69, 9.17) is 5.11 Å². The van der Waals surface area contributed by atoms with Crippen LogP contribution in [0.4, 0.5) is 0 Å². The van der Waals surface area contributed by atoms with Crippen molar-refractivity contribution in [2.75, 3.05) is 6.54 Å². The number of amides is 1. The second-order valence-electron chi connectivity index (χ2n) is 5.17. The van der Waals surface area contributed by atoms with Crippen molar-refractivity contribution in [1.29, 1.82) is 0 Å². The Kier molecular flexibility index (Phi) is 4.97. The molecule has 0 spiro atoms. The van der Waals surface area contributed by atoms with E-state index in [1.54, 1.807) is 0 Å². The first-order chi connectivity index (χ1) is 7.97. The monoisotopic (exact) mass is 241 g/mol. The van der Waals surface area contributed by atoms with Crippen LogP contribution in [0.5, 0.6) is 0 Å². The van der Waals surface area contributed by atoms with Crippen molar-refractivity contribution in [3.05, 3.63) is 0 Å². The Morgan fingerprint density at radius 2 is 1.88 bits per heavy atom. The van der Waals surface area contributed by atoms with E-state index in [0.29, 0.717) is 12.8 Å². The topological polar surface area (TPSA) is 57.6 Å². The zero-order valence-electron chi connectivity index (χ0n) is 11.0. The number of nitrogens with zero attached hydrogens (tertiary/aromatic N) is 1. The summed E-state index contributed by atoms with van der Waals surface area (Å²) in [5.74, 6) is -1.01. The van der Waals surface area contributed by atoms with E-state index in [9.17, 15) is 9.59 Å². The summed E-state index contributed by atoms with van der Waals surface area (Å²) < 4.78 is 0. The van der Waals surface area contributed by atoms with Gasteiger partial charge in [0.2, 0.25) is 5.91 Å². The fourth-order valence-corrected chi connectivity index (χ4v) is 2.53. The molecule has 0 aromatic carbocycles. The molecular formula is C13H23NO3. The SMILES string of the molecule is CCCN(C(=O)[C@@H]1CC[C@H](C(=O)O)C1)C(C)C. The van der Waals surface area contributed by atoms with Gasteiger partial charge >= 0.3 is 5.97 Å². The number of carbonyl (C=O) groups excluding carboxylic acids is 1. The number of hydrogen-bond acceptors (Lipinski definition) is 2. The Hall–Kier alpha value is -1.06. The molecule has 1 aliphatic carbocycles. The van der Waals surface area contributed by atoms with E-state index in [1.807, 2.05) is 18.7 Å². The Morgan fingerprint density at radius 1 is 1.29 bits per heavy atom. The van der Waals surface area contributed by atoms with Gasteiger partial charge in [-0.05, 0) is 39.5 Å². The number of rotatable bonds is 5. The van der Waals surface area contributed by atoms with Gasteiger partial charge in [0.15, 0.2) is 0 Å². The molecule has 1 rings (SSSR count). The molecule has 4 nitrogen and oxygen atoms in total. The highest BCUT2D eigenvalue weighted by atomic mass is 16.4. The van der Waals surface area contributed by atoms with Gasteiger partial charge in [-0.3, -0.25) is 9.59 Å². The summed E-state index contributed by atoms with van der Waals surface area (Å²) in [5.41, 5.74) is 0. The van der Waals surface area contributed by atoms with Crippen LogP contribution in [-0.2, 0) is 9.59 Å². The zero-order chi connectivity index (χ0) is 13.0. The maximum Gasteiger partial charge on any atom is 0.306 e. The molecular weight excluding hydrogens is 218 g/mol. The first-order valence-electron chi connectivity index (χ1n) is 6.50. The van der Waals surface area contributed by atoms with E-state index in [0.717, 1.165) is 19.4 Å². The zero-order valence-corrected chi connectivity index (χ0v) is 11.0. The minimum absolute atomic E-state index is 0.0787. The molecule has 1 aliphatic rings. The highest BCUT2D eigenvalue weighted by molar-refractivity contribution is 5.81. The maximum absolute atomic E-state index is 12.3. The average molecular weight is 241 g/mol. The van der Waals surface area contributed by atoms with E-state index >= 15 is 0 Å². The molecule has 0 radical (unpaired) electrons. The second kappa shape index (κ2) is 6.03. The second-order valence-corrected chi connectivity index (χ2v) is 5.17. The number of carboxylic acid groups (broad SMARTS) is 1. The first-order valence-corrected chi connectivity index (χ1v) is 6.50. The lowest BCUT2D eigenvalue weighted by atomic mass is 10.0. The number of hydrogen-bond donors (Lipinski definition) is 1. The van der Waals surface area contributed by atoms with Crippen molar-refractivity contribution in [2.24, 2.45) is 11.8 Å². The molecule has 2 atom stereocenters. The lowest BCUT2D eigenvalue weighted by Crippen LogP contribution is -2.41. The molecule has 0 aromatic heterocycles. The molecule has 0 aliphatic heterocycles. The molecule has 0 bridgehead atoms. The summed E-state index contributed by atoms with van der Waals surface area (Å²) in [6.07, 6.45) is 2.83. The number of carbonyl (C=O) groups is 2. The largest absolute Gasteiger partial charge is 0.481 e. The van der Waals surface area contributed by atoms with Crippen LogP contribution < -0.4 is 0 Å². The quantitative estimate of drug-likeness (QED) is 0.802. The number of carboxylic acids is 1. The van der Waals surface area contributed by atoms with Gasteiger partial charge in [0.25, 0.3) is 0 Å². The van der Waals surface area contributed by atoms with Crippen molar-refractivity contribution < 1.29 is 14.7 Å². The van der Waals surface area contributed by atoms with Gasteiger partial charge in [-0.15, -0.1) is 0 Å². The predicted molar refractivity (Wildman–Crippen MR) is 65.6 cm³/mol. The minimum atomic E-state index is -0.758. The summed E-state index contributed by atoms with van der Waals surface area (Å²) >= 11 is 0. The highest BCUT2D eigenvalue weighted by Gasteiger charge is 2.36. The van der Waals surface area contributed by atoms with Crippen LogP contribution >= 0.6 is 0 Å². The van der Waals surface area contributed by atoms with Crippen molar-refractivity contribution in [3.8, 4) is 0 Å². The molecule has 4 heteroatoms. The van der Waals surface area contributed by atoms with E-state index in [1.165, 1.54) is 0 Å². The van der Waals surface area contributed by atoms with Gasteiger partial charge in [-0.2, -0.15) is 0 Å². The molecule has 1 fully saturated rings. The minimum Gasteiger partial charge on any atom is -0.481 e. The Labute approximate surface area is 103 Å². The van der Waals surface area contributed by atoms with Gasteiger partial charge in [0.1, 0.15) is 0 Å². The van der Waals surface area contributed by atoms with Crippen molar-refractivity contribution in [1.82, 2.24) is 4.90 Å². The molecule has 0 aromatic rings. The summed E-state index contributed by atoms with van der Waals surface area (Å²) in [4.78, 5) is 25.0. The van der Waals surface area contributed by atoms with Crippen LogP contribution in [0.1, 0.15) is 46.5 Å². The lowest BCUT2D eigenvalue weighted by molar-refractivity contribution is -0.141. The molecule has 1 saturated carbocycles. The van der Waals surface area contributed by atoms with E-state index in [2.05, 4.69) is 6.92 Å². The van der Waals surface area contributed by atoms with Gasteiger partial charge in [-0.25, -0.2) is 0 Å². The van der Waals surface area contributed by atoms with E-state index in [-0.39, 0.29) is 23.8 Å². The summed E-state index contributed by atoms with van der Waals surface area (Å²) in [6.45, 7) is 6.84. The lowest BCUT2D eigenvalue weighted by Gasteiger charge is -2.29. The van der Waals surface area contributed by atoms with Crippen molar-refractivity contribution >= 4 is 11.9 Å². The smallest absolute Gasteiger partial charge is 0.306 e. The van der Waals surface area contributed by atoms with Gasteiger partial charge in [0, 0.05) is 18.5 Å². The summed E-state index contributed by atoms with van der Waals surface area (Å²) in [6, 6.07) is 0.200.